The Morgan fingerprint density at radius 3 is 2.58 bits per heavy atom. The second-order valence-corrected chi connectivity index (χ2v) is 6.54. The Balaban J connectivity index is 1.88. The van der Waals surface area contributed by atoms with Gasteiger partial charge in [-0.1, -0.05) is 6.07 Å². The summed E-state index contributed by atoms with van der Waals surface area (Å²) in [7, 11) is 3.20. The highest BCUT2D eigenvalue weighted by atomic mass is 16.5. The van der Waals surface area contributed by atoms with Gasteiger partial charge >= 0.3 is 5.97 Å². The minimum Gasteiger partial charge on any atom is -0.497 e. The maximum absolute atomic E-state index is 12.3. The fraction of sp³-hybridized carbons (Fsp3) is 0.579. The number of benzene rings is 1. The van der Waals surface area contributed by atoms with Gasteiger partial charge in [-0.25, -0.2) is 0 Å². The minimum absolute atomic E-state index is 0.0750. The number of ether oxygens (including phenoxy) is 3. The molecule has 1 aromatic rings. The first-order chi connectivity index (χ1) is 12.5. The number of carboxylic acid groups (broad SMARTS) is 1. The number of aliphatic carboxylic acids is 1. The third kappa shape index (κ3) is 5.62. The van der Waals surface area contributed by atoms with Crippen LogP contribution in [0.25, 0.3) is 0 Å². The number of amides is 1. The van der Waals surface area contributed by atoms with Crippen molar-refractivity contribution in [1.29, 1.82) is 0 Å². The van der Waals surface area contributed by atoms with Gasteiger partial charge < -0.3 is 24.6 Å². The lowest BCUT2D eigenvalue weighted by Crippen LogP contribution is -2.53. The van der Waals surface area contributed by atoms with E-state index in [4.69, 9.17) is 19.3 Å². The fourth-order valence-corrected chi connectivity index (χ4v) is 3.25. The van der Waals surface area contributed by atoms with Crippen molar-refractivity contribution in [3.05, 3.63) is 23.8 Å². The average Bonchev–Trinajstić information content (AvgIpc) is 2.61. The molecule has 0 saturated carbocycles. The lowest BCUT2D eigenvalue weighted by Gasteiger charge is -2.36. The van der Waals surface area contributed by atoms with Gasteiger partial charge in [-0.3, -0.25) is 9.59 Å². The summed E-state index contributed by atoms with van der Waals surface area (Å²) >= 11 is 0. The summed E-state index contributed by atoms with van der Waals surface area (Å²) in [5.41, 5.74) is 0.311. The monoisotopic (exact) mass is 365 g/mol. The van der Waals surface area contributed by atoms with E-state index in [1.54, 1.807) is 14.2 Å². The second kappa shape index (κ2) is 9.43. The first kappa shape index (κ1) is 20.0. The van der Waals surface area contributed by atoms with Crippen molar-refractivity contribution in [2.24, 2.45) is 0 Å². The highest BCUT2D eigenvalue weighted by Gasteiger charge is 2.36. The summed E-state index contributed by atoms with van der Waals surface area (Å²) in [5.74, 6) is 0.422. The summed E-state index contributed by atoms with van der Waals surface area (Å²) in [6.07, 6.45) is 2.64. The molecule has 1 saturated heterocycles. The quantitative estimate of drug-likeness (QED) is 0.696. The summed E-state index contributed by atoms with van der Waals surface area (Å²) < 4.78 is 15.8. The van der Waals surface area contributed by atoms with Crippen molar-refractivity contribution in [2.75, 3.05) is 27.4 Å². The van der Waals surface area contributed by atoms with Crippen LogP contribution in [-0.2, 0) is 20.7 Å². The molecular weight excluding hydrogens is 338 g/mol. The van der Waals surface area contributed by atoms with Gasteiger partial charge in [0, 0.05) is 25.7 Å². The van der Waals surface area contributed by atoms with Crippen LogP contribution >= 0.6 is 0 Å². The van der Waals surface area contributed by atoms with Crippen molar-refractivity contribution in [2.45, 2.75) is 44.1 Å². The van der Waals surface area contributed by atoms with Gasteiger partial charge in [-0.15, -0.1) is 0 Å². The van der Waals surface area contributed by atoms with Crippen LogP contribution in [-0.4, -0.2) is 50.0 Å². The average molecular weight is 365 g/mol. The molecular formula is C19H27NO6. The predicted molar refractivity (Wildman–Crippen MR) is 95.7 cm³/mol. The molecule has 0 bridgehead atoms. The predicted octanol–water partition coefficient (Wildman–Crippen LogP) is 2.17. The van der Waals surface area contributed by atoms with Crippen LogP contribution < -0.4 is 14.8 Å². The normalized spacial score (nSPS) is 15.9. The SMILES string of the molecule is COc1ccc(CCCC(=O)NC2(CC(=O)O)CCOCC2)c(OC)c1. The number of aryl methyl sites for hydroxylation is 1. The van der Waals surface area contributed by atoms with Crippen LogP contribution in [0.1, 0.15) is 37.7 Å². The third-order valence-electron chi connectivity index (χ3n) is 4.69. The van der Waals surface area contributed by atoms with E-state index >= 15 is 0 Å². The molecule has 0 aromatic heterocycles. The number of hydrogen-bond acceptors (Lipinski definition) is 5. The molecule has 7 nitrogen and oxygen atoms in total. The number of carbonyl (C=O) groups is 2. The Kier molecular flexibility index (Phi) is 7.26. The van der Waals surface area contributed by atoms with E-state index in [1.807, 2.05) is 18.2 Å². The van der Waals surface area contributed by atoms with Gasteiger partial charge in [-0.05, 0) is 37.3 Å². The molecule has 26 heavy (non-hydrogen) atoms. The molecule has 0 aliphatic carbocycles. The van der Waals surface area contributed by atoms with E-state index < -0.39 is 11.5 Å². The highest BCUT2D eigenvalue weighted by molar-refractivity contribution is 5.78. The molecule has 1 aliphatic heterocycles. The number of nitrogens with one attached hydrogen (secondary N) is 1. The number of carboxylic acids is 1. The van der Waals surface area contributed by atoms with Crippen molar-refractivity contribution >= 4 is 11.9 Å². The van der Waals surface area contributed by atoms with Crippen LogP contribution in [0.2, 0.25) is 0 Å². The highest BCUT2D eigenvalue weighted by Crippen LogP contribution is 2.27. The largest absolute Gasteiger partial charge is 0.497 e. The fourth-order valence-electron chi connectivity index (χ4n) is 3.25. The maximum Gasteiger partial charge on any atom is 0.305 e. The number of rotatable bonds is 9. The Morgan fingerprint density at radius 1 is 1.23 bits per heavy atom. The number of methoxy groups -OCH3 is 2. The molecule has 1 heterocycles. The van der Waals surface area contributed by atoms with Crippen molar-refractivity contribution in [3.63, 3.8) is 0 Å². The van der Waals surface area contributed by atoms with E-state index in [0.29, 0.717) is 45.3 Å². The van der Waals surface area contributed by atoms with Crippen molar-refractivity contribution in [1.82, 2.24) is 5.32 Å². The third-order valence-corrected chi connectivity index (χ3v) is 4.69. The van der Waals surface area contributed by atoms with Crippen LogP contribution in [0.4, 0.5) is 0 Å². The van der Waals surface area contributed by atoms with Crippen LogP contribution in [0.15, 0.2) is 18.2 Å². The Morgan fingerprint density at radius 2 is 1.96 bits per heavy atom. The van der Waals surface area contributed by atoms with Gasteiger partial charge in [0.15, 0.2) is 0 Å². The lowest BCUT2D eigenvalue weighted by molar-refractivity contribution is -0.140. The zero-order valence-corrected chi connectivity index (χ0v) is 15.4. The zero-order chi connectivity index (χ0) is 19.0. The molecule has 1 aliphatic rings. The molecule has 1 amide bonds. The van der Waals surface area contributed by atoms with E-state index in [-0.39, 0.29) is 12.3 Å². The molecule has 1 aromatic carbocycles. The summed E-state index contributed by atoms with van der Waals surface area (Å²) in [4.78, 5) is 23.5. The van der Waals surface area contributed by atoms with Crippen LogP contribution in [0.3, 0.4) is 0 Å². The summed E-state index contributed by atoms with van der Waals surface area (Å²) in [6, 6.07) is 5.61. The zero-order valence-electron chi connectivity index (χ0n) is 15.4. The molecule has 2 N–H and O–H groups in total. The number of carbonyl (C=O) groups excluding carboxylic acids is 1. The van der Waals surface area contributed by atoms with Gasteiger partial charge in [-0.2, -0.15) is 0 Å². The van der Waals surface area contributed by atoms with E-state index in [1.165, 1.54) is 0 Å². The topological polar surface area (TPSA) is 94.1 Å². The molecule has 0 atom stereocenters. The lowest BCUT2D eigenvalue weighted by atomic mass is 9.86. The van der Waals surface area contributed by atoms with Gasteiger partial charge in [0.2, 0.25) is 5.91 Å². The van der Waals surface area contributed by atoms with Crippen LogP contribution in [0.5, 0.6) is 11.5 Å². The standard InChI is InChI=1S/C19H27NO6/c1-24-15-7-6-14(16(12-15)25-2)4-3-5-17(21)20-19(13-18(22)23)8-10-26-11-9-19/h6-7,12H,3-5,8-11,13H2,1-2H3,(H,20,21)(H,22,23). The molecule has 0 spiro atoms. The Labute approximate surface area is 153 Å². The summed E-state index contributed by atoms with van der Waals surface area (Å²) in [5, 5.41) is 12.1. The van der Waals surface area contributed by atoms with E-state index in [0.717, 1.165) is 17.1 Å². The second-order valence-electron chi connectivity index (χ2n) is 6.54. The summed E-state index contributed by atoms with van der Waals surface area (Å²) in [6.45, 7) is 0.938. The smallest absolute Gasteiger partial charge is 0.305 e. The van der Waals surface area contributed by atoms with E-state index in [2.05, 4.69) is 5.32 Å². The first-order valence-electron chi connectivity index (χ1n) is 8.79. The van der Waals surface area contributed by atoms with Gasteiger partial charge in [0.1, 0.15) is 11.5 Å². The first-order valence-corrected chi connectivity index (χ1v) is 8.79. The molecule has 144 valence electrons. The van der Waals surface area contributed by atoms with E-state index in [9.17, 15) is 9.59 Å². The van der Waals surface area contributed by atoms with Gasteiger partial charge in [0.25, 0.3) is 0 Å². The molecule has 0 unspecified atom stereocenters. The number of hydrogen-bond donors (Lipinski definition) is 2. The minimum atomic E-state index is -0.907. The van der Waals surface area contributed by atoms with Crippen molar-refractivity contribution in [3.8, 4) is 11.5 Å². The molecule has 2 rings (SSSR count). The Bertz CT molecular complexity index is 624. The molecule has 7 heteroatoms. The maximum atomic E-state index is 12.3. The Hall–Kier alpha value is -2.28. The van der Waals surface area contributed by atoms with Crippen molar-refractivity contribution < 1.29 is 28.9 Å². The molecule has 1 fully saturated rings. The van der Waals surface area contributed by atoms with Crippen LogP contribution in [0, 0.1) is 0 Å². The molecule has 0 radical (unpaired) electrons. The van der Waals surface area contributed by atoms with Gasteiger partial charge in [0.05, 0.1) is 26.2 Å².